The van der Waals surface area contributed by atoms with E-state index >= 15 is 0 Å². The lowest BCUT2D eigenvalue weighted by Crippen LogP contribution is -2.11. The molecular formula is C8H15N3S. The van der Waals surface area contributed by atoms with Crippen LogP contribution in [0.5, 0.6) is 0 Å². The fraction of sp³-hybridized carbons (Fsp3) is 0.750. The van der Waals surface area contributed by atoms with Gasteiger partial charge < -0.3 is 5.73 Å². The van der Waals surface area contributed by atoms with Gasteiger partial charge in [-0.05, 0) is 18.1 Å². The van der Waals surface area contributed by atoms with Crippen molar-refractivity contribution in [3.63, 3.8) is 0 Å². The molecule has 0 radical (unpaired) electrons. The summed E-state index contributed by atoms with van der Waals surface area (Å²) in [5.74, 6) is 0.882. The number of nitrogens with zero attached hydrogens (tertiary/aromatic N) is 2. The zero-order valence-corrected chi connectivity index (χ0v) is 8.61. The minimum absolute atomic E-state index is 0.116. The maximum absolute atomic E-state index is 5.40. The molecule has 0 bridgehead atoms. The first-order chi connectivity index (χ1) is 5.54. The van der Waals surface area contributed by atoms with E-state index in [1.165, 1.54) is 11.5 Å². The van der Waals surface area contributed by atoms with Gasteiger partial charge in [-0.1, -0.05) is 20.8 Å². The monoisotopic (exact) mass is 185 g/mol. The van der Waals surface area contributed by atoms with Crippen molar-refractivity contribution < 1.29 is 0 Å². The minimum atomic E-state index is 0.116. The van der Waals surface area contributed by atoms with E-state index in [0.717, 1.165) is 17.3 Å². The van der Waals surface area contributed by atoms with Gasteiger partial charge in [-0.3, -0.25) is 0 Å². The Kier molecular flexibility index (Phi) is 2.80. The lowest BCUT2D eigenvalue weighted by Gasteiger charge is -2.12. The first-order valence-electron chi connectivity index (χ1n) is 4.07. The largest absolute Gasteiger partial charge is 0.330 e. The SMILES string of the molecule is CC(C)(C)c1nc(CCN)ns1. The molecule has 1 heterocycles. The first kappa shape index (κ1) is 9.61. The maximum Gasteiger partial charge on any atom is 0.143 e. The Morgan fingerprint density at radius 3 is 2.50 bits per heavy atom. The quantitative estimate of drug-likeness (QED) is 0.756. The summed E-state index contributed by atoms with van der Waals surface area (Å²) in [6.07, 6.45) is 0.784. The average Bonchev–Trinajstić information content (AvgIpc) is 2.35. The van der Waals surface area contributed by atoms with Gasteiger partial charge in [0.2, 0.25) is 0 Å². The van der Waals surface area contributed by atoms with Gasteiger partial charge in [0, 0.05) is 11.8 Å². The Balaban J connectivity index is 2.77. The maximum atomic E-state index is 5.40. The Labute approximate surface area is 77.2 Å². The molecule has 1 rings (SSSR count). The molecule has 0 amide bonds. The molecule has 0 aliphatic heterocycles. The summed E-state index contributed by atoms with van der Waals surface area (Å²) in [7, 11) is 0. The van der Waals surface area contributed by atoms with Crippen molar-refractivity contribution in [2.24, 2.45) is 5.73 Å². The van der Waals surface area contributed by atoms with E-state index in [2.05, 4.69) is 30.1 Å². The van der Waals surface area contributed by atoms with Gasteiger partial charge in [-0.15, -0.1) is 0 Å². The predicted molar refractivity (Wildman–Crippen MR) is 51.4 cm³/mol. The normalized spacial score (nSPS) is 12.0. The van der Waals surface area contributed by atoms with Crippen molar-refractivity contribution in [1.82, 2.24) is 9.36 Å². The van der Waals surface area contributed by atoms with Gasteiger partial charge in [-0.2, -0.15) is 4.37 Å². The Hall–Kier alpha value is -0.480. The van der Waals surface area contributed by atoms with Crippen molar-refractivity contribution in [3.05, 3.63) is 10.8 Å². The highest BCUT2D eigenvalue weighted by atomic mass is 32.1. The highest BCUT2D eigenvalue weighted by molar-refractivity contribution is 7.05. The zero-order valence-electron chi connectivity index (χ0n) is 7.79. The molecule has 68 valence electrons. The molecule has 0 unspecified atom stereocenters. The van der Waals surface area contributed by atoms with E-state index < -0.39 is 0 Å². The third-order valence-corrected chi connectivity index (χ3v) is 2.66. The summed E-state index contributed by atoms with van der Waals surface area (Å²) < 4.78 is 4.22. The number of hydrogen-bond acceptors (Lipinski definition) is 4. The van der Waals surface area contributed by atoms with Crippen LogP contribution < -0.4 is 5.73 Å². The van der Waals surface area contributed by atoms with Crippen LogP contribution in [0.4, 0.5) is 0 Å². The zero-order chi connectivity index (χ0) is 9.19. The van der Waals surface area contributed by atoms with Crippen LogP contribution in [0.2, 0.25) is 0 Å². The summed E-state index contributed by atoms with van der Waals surface area (Å²) in [5.41, 5.74) is 5.52. The summed E-state index contributed by atoms with van der Waals surface area (Å²) in [4.78, 5) is 4.40. The smallest absolute Gasteiger partial charge is 0.143 e. The molecule has 1 aromatic heterocycles. The van der Waals surface area contributed by atoms with E-state index in [9.17, 15) is 0 Å². The van der Waals surface area contributed by atoms with Crippen molar-refractivity contribution in [2.45, 2.75) is 32.6 Å². The third-order valence-electron chi connectivity index (χ3n) is 1.48. The number of aromatic nitrogens is 2. The van der Waals surface area contributed by atoms with E-state index in [1.807, 2.05) is 0 Å². The summed E-state index contributed by atoms with van der Waals surface area (Å²) in [6, 6.07) is 0. The lowest BCUT2D eigenvalue weighted by atomic mass is 9.98. The van der Waals surface area contributed by atoms with Crippen molar-refractivity contribution in [3.8, 4) is 0 Å². The molecule has 0 saturated carbocycles. The molecule has 4 heteroatoms. The fourth-order valence-corrected chi connectivity index (χ4v) is 1.53. The molecule has 2 N–H and O–H groups in total. The highest BCUT2D eigenvalue weighted by Gasteiger charge is 2.18. The first-order valence-corrected chi connectivity index (χ1v) is 4.84. The molecule has 0 atom stereocenters. The molecule has 1 aromatic rings. The average molecular weight is 185 g/mol. The van der Waals surface area contributed by atoms with Crippen LogP contribution >= 0.6 is 11.5 Å². The Morgan fingerprint density at radius 1 is 1.42 bits per heavy atom. The van der Waals surface area contributed by atoms with E-state index in [4.69, 9.17) is 5.73 Å². The van der Waals surface area contributed by atoms with E-state index in [-0.39, 0.29) is 5.41 Å². The molecule has 0 aliphatic rings. The van der Waals surface area contributed by atoms with Crippen molar-refractivity contribution >= 4 is 11.5 Å². The molecule has 3 nitrogen and oxygen atoms in total. The fourth-order valence-electron chi connectivity index (χ4n) is 0.789. The van der Waals surface area contributed by atoms with Crippen LogP contribution in [0.3, 0.4) is 0 Å². The van der Waals surface area contributed by atoms with Crippen LogP contribution in [0.15, 0.2) is 0 Å². The molecule has 0 saturated heterocycles. The second kappa shape index (κ2) is 3.49. The van der Waals surface area contributed by atoms with Crippen molar-refractivity contribution in [1.29, 1.82) is 0 Å². The van der Waals surface area contributed by atoms with Crippen LogP contribution in [0.1, 0.15) is 31.6 Å². The summed E-state index contributed by atoms with van der Waals surface area (Å²) in [6.45, 7) is 7.04. The molecule has 0 aromatic carbocycles. The van der Waals surface area contributed by atoms with Gasteiger partial charge in [0.05, 0.1) is 0 Å². The van der Waals surface area contributed by atoms with Crippen LogP contribution in [0.25, 0.3) is 0 Å². The van der Waals surface area contributed by atoms with Crippen molar-refractivity contribution in [2.75, 3.05) is 6.54 Å². The Bertz CT molecular complexity index is 249. The minimum Gasteiger partial charge on any atom is -0.330 e. The highest BCUT2D eigenvalue weighted by Crippen LogP contribution is 2.23. The Morgan fingerprint density at radius 2 is 2.08 bits per heavy atom. The van der Waals surface area contributed by atoms with E-state index in [1.54, 1.807) is 0 Å². The van der Waals surface area contributed by atoms with Crippen LogP contribution in [0, 0.1) is 0 Å². The molecular weight excluding hydrogens is 170 g/mol. The standard InChI is InChI=1S/C8H15N3S/c1-8(2,3)7-10-6(4-5-9)11-12-7/h4-5,9H2,1-3H3. The van der Waals surface area contributed by atoms with Gasteiger partial charge in [0.25, 0.3) is 0 Å². The number of hydrogen-bond donors (Lipinski definition) is 1. The number of rotatable bonds is 2. The summed E-state index contributed by atoms with van der Waals surface area (Å²) >= 11 is 1.48. The van der Waals surface area contributed by atoms with Gasteiger partial charge in [-0.25, -0.2) is 4.98 Å². The van der Waals surface area contributed by atoms with Crippen LogP contribution in [-0.4, -0.2) is 15.9 Å². The second-order valence-electron chi connectivity index (χ2n) is 3.80. The third kappa shape index (κ3) is 2.25. The van der Waals surface area contributed by atoms with Gasteiger partial charge >= 0.3 is 0 Å². The van der Waals surface area contributed by atoms with Gasteiger partial charge in [0.1, 0.15) is 10.8 Å². The van der Waals surface area contributed by atoms with Crippen LogP contribution in [-0.2, 0) is 11.8 Å². The number of nitrogens with two attached hydrogens (primary N) is 1. The molecule has 0 fully saturated rings. The molecule has 12 heavy (non-hydrogen) atoms. The predicted octanol–water partition coefficient (Wildman–Crippen LogP) is 1.34. The van der Waals surface area contributed by atoms with E-state index in [0.29, 0.717) is 6.54 Å². The molecule has 0 aliphatic carbocycles. The lowest BCUT2D eigenvalue weighted by molar-refractivity contribution is 0.582. The molecule has 0 spiro atoms. The summed E-state index contributed by atoms with van der Waals surface area (Å²) in [5, 5.41) is 1.09. The second-order valence-corrected chi connectivity index (χ2v) is 4.56. The topological polar surface area (TPSA) is 51.8 Å². The van der Waals surface area contributed by atoms with Gasteiger partial charge in [0.15, 0.2) is 0 Å².